The van der Waals surface area contributed by atoms with Gasteiger partial charge in [-0.05, 0) is 52.6 Å². The third-order valence-corrected chi connectivity index (χ3v) is 5.56. The number of hydrogen-bond donors (Lipinski definition) is 2. The topological polar surface area (TPSA) is 74.6 Å². The maximum absolute atomic E-state index is 13.3. The van der Waals surface area contributed by atoms with Gasteiger partial charge in [0.15, 0.2) is 5.78 Å². The van der Waals surface area contributed by atoms with Gasteiger partial charge in [0.1, 0.15) is 5.75 Å². The van der Waals surface area contributed by atoms with Crippen LogP contribution in [0.2, 0.25) is 0 Å². The van der Waals surface area contributed by atoms with Crippen molar-refractivity contribution in [3.63, 3.8) is 0 Å². The van der Waals surface area contributed by atoms with Crippen LogP contribution in [0.4, 0.5) is 0 Å². The Kier molecular flexibility index (Phi) is 6.27. The molecule has 3 rings (SSSR count). The van der Waals surface area contributed by atoms with E-state index < -0.39 is 11.4 Å². The van der Waals surface area contributed by atoms with Crippen molar-refractivity contribution in [2.75, 3.05) is 0 Å². The number of carboxylic acid groups (broad SMARTS) is 1. The molecule has 0 aliphatic carbocycles. The summed E-state index contributed by atoms with van der Waals surface area (Å²) < 4.78 is 0. The molecule has 0 fully saturated rings. The fourth-order valence-electron chi connectivity index (χ4n) is 4.46. The zero-order chi connectivity index (χ0) is 23.7. The molecule has 0 aliphatic rings. The lowest BCUT2D eigenvalue weighted by atomic mass is 9.71. The molecule has 4 heteroatoms. The smallest absolute Gasteiger partial charge is 0.335 e. The summed E-state index contributed by atoms with van der Waals surface area (Å²) in [6.45, 7) is 10.6. The third-order valence-electron chi connectivity index (χ3n) is 5.56. The zero-order valence-corrected chi connectivity index (χ0v) is 19.3. The quantitative estimate of drug-likeness (QED) is 0.427. The van der Waals surface area contributed by atoms with Crippen molar-refractivity contribution in [3.05, 3.63) is 89.0 Å². The summed E-state index contributed by atoms with van der Waals surface area (Å²) in [7, 11) is 0. The Bertz CT molecular complexity index is 1130. The summed E-state index contributed by atoms with van der Waals surface area (Å²) in [5.41, 5.74) is 2.80. The summed E-state index contributed by atoms with van der Waals surface area (Å²) in [5, 5.41) is 20.4. The van der Waals surface area contributed by atoms with E-state index in [9.17, 15) is 19.8 Å². The van der Waals surface area contributed by atoms with E-state index in [0.29, 0.717) is 11.1 Å². The highest BCUT2D eigenvalue weighted by atomic mass is 16.4. The number of phenols is 1. The van der Waals surface area contributed by atoms with Crippen molar-refractivity contribution in [2.24, 2.45) is 5.41 Å². The number of rotatable bonds is 6. The minimum atomic E-state index is -0.991. The molecular formula is C28H30O4. The van der Waals surface area contributed by atoms with Gasteiger partial charge in [0.25, 0.3) is 0 Å². The maximum Gasteiger partial charge on any atom is 0.335 e. The number of carbonyl (C=O) groups is 2. The van der Waals surface area contributed by atoms with Crippen LogP contribution in [0.25, 0.3) is 11.1 Å². The van der Waals surface area contributed by atoms with Crippen molar-refractivity contribution >= 4 is 11.8 Å². The second kappa shape index (κ2) is 8.62. The molecule has 166 valence electrons. The van der Waals surface area contributed by atoms with Gasteiger partial charge in [-0.3, -0.25) is 4.79 Å². The molecule has 0 unspecified atom stereocenters. The largest absolute Gasteiger partial charge is 0.507 e. The number of hydrogen-bond acceptors (Lipinski definition) is 3. The van der Waals surface area contributed by atoms with Crippen LogP contribution in [0, 0.1) is 5.41 Å². The molecule has 0 heterocycles. The van der Waals surface area contributed by atoms with E-state index >= 15 is 0 Å². The Morgan fingerprint density at radius 2 is 1.38 bits per heavy atom. The second-order valence-corrected chi connectivity index (χ2v) is 10.1. The summed E-state index contributed by atoms with van der Waals surface area (Å²) in [4.78, 5) is 24.6. The van der Waals surface area contributed by atoms with Crippen LogP contribution in [0.15, 0.2) is 66.7 Å². The molecule has 0 bridgehead atoms. The Labute approximate surface area is 189 Å². The van der Waals surface area contributed by atoms with E-state index in [-0.39, 0.29) is 28.1 Å². The fourth-order valence-corrected chi connectivity index (χ4v) is 4.46. The first-order valence-corrected chi connectivity index (χ1v) is 10.7. The molecule has 0 radical (unpaired) electrons. The van der Waals surface area contributed by atoms with Crippen molar-refractivity contribution in [2.45, 2.75) is 46.5 Å². The lowest BCUT2D eigenvalue weighted by Gasteiger charge is -2.34. The molecule has 4 nitrogen and oxygen atoms in total. The lowest BCUT2D eigenvalue weighted by Crippen LogP contribution is -2.25. The minimum Gasteiger partial charge on any atom is -0.507 e. The molecule has 0 amide bonds. The SMILES string of the molecule is CC(C)(C)CC(C)(C)c1cc(-c2ccc(C(=O)O)cc2)cc(C(=O)c2ccccc2)c1O. The Morgan fingerprint density at radius 1 is 0.781 bits per heavy atom. The van der Waals surface area contributed by atoms with Crippen LogP contribution < -0.4 is 0 Å². The summed E-state index contributed by atoms with van der Waals surface area (Å²) in [5.74, 6) is -1.24. The molecule has 2 N–H and O–H groups in total. The lowest BCUT2D eigenvalue weighted by molar-refractivity contribution is 0.0696. The molecular weight excluding hydrogens is 400 g/mol. The predicted octanol–water partition coefficient (Wildman–Crippen LogP) is 6.70. The molecule has 0 spiro atoms. The highest BCUT2D eigenvalue weighted by Crippen LogP contribution is 2.43. The average Bonchev–Trinajstić information content (AvgIpc) is 2.72. The van der Waals surface area contributed by atoms with Gasteiger partial charge in [0.05, 0.1) is 11.1 Å². The molecule has 3 aromatic carbocycles. The van der Waals surface area contributed by atoms with Gasteiger partial charge in [-0.25, -0.2) is 4.79 Å². The van der Waals surface area contributed by atoms with Gasteiger partial charge in [-0.15, -0.1) is 0 Å². The van der Waals surface area contributed by atoms with Gasteiger partial charge in [0, 0.05) is 11.1 Å². The standard InChI is InChI=1S/C28H30O4/c1-27(2,3)17-28(4,5)23-16-21(18-11-13-20(14-12-18)26(31)32)15-22(25(23)30)24(29)19-9-7-6-8-10-19/h6-16,30H,17H2,1-5H3,(H,31,32). The highest BCUT2D eigenvalue weighted by molar-refractivity contribution is 6.11. The van der Waals surface area contributed by atoms with Crippen molar-refractivity contribution in [1.29, 1.82) is 0 Å². The number of carboxylic acids is 1. The normalized spacial score (nSPS) is 11.9. The number of carbonyl (C=O) groups excluding carboxylic acids is 1. The van der Waals surface area contributed by atoms with Crippen LogP contribution in [0.1, 0.15) is 72.9 Å². The molecule has 0 saturated carbocycles. The molecule has 0 aromatic heterocycles. The number of benzene rings is 3. The summed E-state index contributed by atoms with van der Waals surface area (Å²) in [6.07, 6.45) is 0.800. The molecule has 0 atom stereocenters. The highest BCUT2D eigenvalue weighted by Gasteiger charge is 2.32. The minimum absolute atomic E-state index is 0.000917. The first-order valence-electron chi connectivity index (χ1n) is 10.7. The van der Waals surface area contributed by atoms with E-state index in [2.05, 4.69) is 34.6 Å². The maximum atomic E-state index is 13.3. The van der Waals surface area contributed by atoms with Crippen LogP contribution in [0.5, 0.6) is 5.75 Å². The molecule has 3 aromatic rings. The number of aromatic carboxylic acids is 1. The Hall–Kier alpha value is -3.40. The molecule has 0 aliphatic heterocycles. The average molecular weight is 431 g/mol. The fraction of sp³-hybridized carbons (Fsp3) is 0.286. The van der Waals surface area contributed by atoms with Crippen LogP contribution in [-0.2, 0) is 5.41 Å². The van der Waals surface area contributed by atoms with E-state index in [1.807, 2.05) is 12.1 Å². The first-order chi connectivity index (χ1) is 14.9. The van der Waals surface area contributed by atoms with Crippen LogP contribution >= 0.6 is 0 Å². The molecule has 32 heavy (non-hydrogen) atoms. The van der Waals surface area contributed by atoms with Crippen LogP contribution in [-0.4, -0.2) is 22.0 Å². The summed E-state index contributed by atoms with van der Waals surface area (Å²) in [6, 6.07) is 19.1. The Morgan fingerprint density at radius 3 is 1.91 bits per heavy atom. The van der Waals surface area contributed by atoms with Gasteiger partial charge in [-0.1, -0.05) is 77.1 Å². The monoisotopic (exact) mass is 430 g/mol. The Balaban J connectivity index is 2.21. The van der Waals surface area contributed by atoms with E-state index in [1.54, 1.807) is 54.6 Å². The third kappa shape index (κ3) is 5.08. The van der Waals surface area contributed by atoms with Gasteiger partial charge >= 0.3 is 5.97 Å². The van der Waals surface area contributed by atoms with Crippen molar-refractivity contribution < 1.29 is 19.8 Å². The second-order valence-electron chi connectivity index (χ2n) is 10.1. The summed E-state index contributed by atoms with van der Waals surface area (Å²) >= 11 is 0. The predicted molar refractivity (Wildman–Crippen MR) is 127 cm³/mol. The van der Waals surface area contributed by atoms with E-state index in [4.69, 9.17) is 0 Å². The van der Waals surface area contributed by atoms with Gasteiger partial charge in [0.2, 0.25) is 0 Å². The number of ketones is 1. The van der Waals surface area contributed by atoms with Gasteiger partial charge < -0.3 is 10.2 Å². The van der Waals surface area contributed by atoms with Crippen molar-refractivity contribution in [1.82, 2.24) is 0 Å². The van der Waals surface area contributed by atoms with E-state index in [1.165, 1.54) is 0 Å². The zero-order valence-electron chi connectivity index (χ0n) is 19.3. The van der Waals surface area contributed by atoms with Crippen molar-refractivity contribution in [3.8, 4) is 16.9 Å². The number of aromatic hydroxyl groups is 1. The van der Waals surface area contributed by atoms with Crippen LogP contribution in [0.3, 0.4) is 0 Å². The number of phenolic OH excluding ortho intramolecular Hbond substituents is 1. The van der Waals surface area contributed by atoms with E-state index in [0.717, 1.165) is 17.5 Å². The molecule has 0 saturated heterocycles. The van der Waals surface area contributed by atoms with Gasteiger partial charge in [-0.2, -0.15) is 0 Å². The first kappa shape index (κ1) is 23.3.